The van der Waals surface area contributed by atoms with Gasteiger partial charge in [-0.1, -0.05) is 42.0 Å². The van der Waals surface area contributed by atoms with Crippen molar-refractivity contribution in [1.82, 2.24) is 10.2 Å². The van der Waals surface area contributed by atoms with Gasteiger partial charge in [-0.15, -0.1) is 10.2 Å². The fraction of sp³-hybridized carbons (Fsp3) is 0.217. The molecule has 0 radical (unpaired) electrons. The van der Waals surface area contributed by atoms with Gasteiger partial charge in [0.05, 0.1) is 6.61 Å². The zero-order valence-electron chi connectivity index (χ0n) is 18.7. The second-order valence-corrected chi connectivity index (χ2v) is 9.58. The minimum Gasteiger partial charge on any atom is -0.490 e. The van der Waals surface area contributed by atoms with Crippen LogP contribution in [0.5, 0.6) is 11.5 Å². The van der Waals surface area contributed by atoms with Crippen molar-refractivity contribution in [3.8, 4) is 17.6 Å². The molecule has 0 aliphatic carbocycles. The van der Waals surface area contributed by atoms with Crippen LogP contribution < -0.4 is 14.2 Å². The molecule has 0 aliphatic rings. The summed E-state index contributed by atoms with van der Waals surface area (Å²) in [6, 6.07) is 12.6. The van der Waals surface area contributed by atoms with Gasteiger partial charge in [0.2, 0.25) is 5.13 Å². The summed E-state index contributed by atoms with van der Waals surface area (Å²) in [4.78, 5) is 12.5. The van der Waals surface area contributed by atoms with Crippen molar-refractivity contribution in [1.29, 1.82) is 5.26 Å². The van der Waals surface area contributed by atoms with Crippen LogP contribution in [-0.4, -0.2) is 31.1 Å². The molecule has 2 aromatic carbocycles. The number of carbonyl (C=O) groups excluding carboxylic acids is 1. The number of nitriles is 1. The molecule has 9 nitrogen and oxygen atoms in total. The van der Waals surface area contributed by atoms with E-state index >= 15 is 0 Å². The maximum Gasteiger partial charge on any atom is 0.339 e. The van der Waals surface area contributed by atoms with Gasteiger partial charge >= 0.3 is 10.1 Å². The topological polar surface area (TPSA) is 131 Å². The molecule has 3 rings (SSSR count). The van der Waals surface area contributed by atoms with Gasteiger partial charge in [0.25, 0.3) is 5.91 Å². The second kappa shape index (κ2) is 10.9. The molecule has 34 heavy (non-hydrogen) atoms. The third-order valence-corrected chi connectivity index (χ3v) is 6.67. The lowest BCUT2D eigenvalue weighted by molar-refractivity contribution is -0.112. The molecule has 0 bridgehead atoms. The molecule has 0 saturated carbocycles. The number of ether oxygens (including phenoxy) is 1. The minimum absolute atomic E-state index is 0.0101. The summed E-state index contributed by atoms with van der Waals surface area (Å²) < 4.78 is 36.2. The number of aromatic nitrogens is 2. The Bertz CT molecular complexity index is 1360. The molecule has 1 N–H and O–H groups in total. The van der Waals surface area contributed by atoms with E-state index in [0.29, 0.717) is 17.1 Å². The van der Waals surface area contributed by atoms with E-state index < -0.39 is 16.0 Å². The molecule has 176 valence electrons. The number of nitrogens with zero attached hydrogens (tertiary/aromatic N) is 3. The summed E-state index contributed by atoms with van der Waals surface area (Å²) >= 11 is 1.23. The molecule has 1 aromatic heterocycles. The third kappa shape index (κ3) is 6.18. The zero-order chi connectivity index (χ0) is 24.7. The Kier molecular flexibility index (Phi) is 7.99. The number of carbonyl (C=O) groups is 1. The van der Waals surface area contributed by atoms with Crippen LogP contribution in [0.2, 0.25) is 0 Å². The Morgan fingerprint density at radius 2 is 1.88 bits per heavy atom. The van der Waals surface area contributed by atoms with Crippen molar-refractivity contribution in [2.45, 2.75) is 32.1 Å². The van der Waals surface area contributed by atoms with Gasteiger partial charge in [-0.25, -0.2) is 0 Å². The number of benzene rings is 2. The standard InChI is InChI=1S/C23H22N4O5S2/c1-4-21-26-27-23(33-21)25-22(28)17(14-24)12-16-8-11-19(20(13-16)31-5-2)32-34(29,30)18-9-6-15(3)7-10-18/h6-13H,4-5H2,1-3H3,(H,25,27,28). The average Bonchev–Trinajstić information content (AvgIpc) is 3.26. The van der Waals surface area contributed by atoms with Crippen LogP contribution in [0.3, 0.4) is 0 Å². The predicted molar refractivity (Wildman–Crippen MR) is 128 cm³/mol. The molecule has 1 heterocycles. The number of hydrogen-bond acceptors (Lipinski definition) is 9. The quantitative estimate of drug-likeness (QED) is 0.265. The van der Waals surface area contributed by atoms with Gasteiger partial charge < -0.3 is 8.92 Å². The van der Waals surface area contributed by atoms with Gasteiger partial charge in [-0.2, -0.15) is 13.7 Å². The highest BCUT2D eigenvalue weighted by Crippen LogP contribution is 2.32. The first-order valence-corrected chi connectivity index (χ1v) is 12.5. The van der Waals surface area contributed by atoms with Crippen LogP contribution in [0.1, 0.15) is 30.0 Å². The van der Waals surface area contributed by atoms with E-state index in [1.807, 2.05) is 19.9 Å². The number of nitrogens with one attached hydrogen (secondary N) is 1. The summed E-state index contributed by atoms with van der Waals surface area (Å²) in [6.07, 6.45) is 2.04. The van der Waals surface area contributed by atoms with Crippen molar-refractivity contribution in [2.75, 3.05) is 11.9 Å². The maximum absolute atomic E-state index is 12.7. The zero-order valence-corrected chi connectivity index (χ0v) is 20.4. The van der Waals surface area contributed by atoms with Gasteiger partial charge in [0.15, 0.2) is 11.5 Å². The third-order valence-electron chi connectivity index (χ3n) is 4.44. The monoisotopic (exact) mass is 498 g/mol. The number of anilines is 1. The van der Waals surface area contributed by atoms with Crippen molar-refractivity contribution in [3.05, 3.63) is 64.2 Å². The average molecular weight is 499 g/mol. The van der Waals surface area contributed by atoms with Gasteiger partial charge in [0, 0.05) is 0 Å². The molecule has 0 spiro atoms. The van der Waals surface area contributed by atoms with Gasteiger partial charge in [0.1, 0.15) is 21.5 Å². The van der Waals surface area contributed by atoms with Crippen molar-refractivity contribution in [2.24, 2.45) is 0 Å². The van der Waals surface area contributed by atoms with E-state index in [4.69, 9.17) is 8.92 Å². The van der Waals surface area contributed by atoms with Crippen LogP contribution >= 0.6 is 11.3 Å². The fourth-order valence-electron chi connectivity index (χ4n) is 2.75. The first-order valence-electron chi connectivity index (χ1n) is 10.3. The lowest BCUT2D eigenvalue weighted by Crippen LogP contribution is -2.13. The van der Waals surface area contributed by atoms with E-state index in [-0.39, 0.29) is 28.6 Å². The van der Waals surface area contributed by atoms with Crippen molar-refractivity contribution in [3.63, 3.8) is 0 Å². The van der Waals surface area contributed by atoms with Crippen molar-refractivity contribution >= 4 is 38.6 Å². The van der Waals surface area contributed by atoms with Crippen LogP contribution in [-0.2, 0) is 21.3 Å². The Morgan fingerprint density at radius 3 is 2.50 bits per heavy atom. The predicted octanol–water partition coefficient (Wildman–Crippen LogP) is 4.12. The number of amides is 1. The second-order valence-electron chi connectivity index (χ2n) is 6.97. The molecule has 0 fully saturated rings. The number of hydrogen-bond donors (Lipinski definition) is 1. The highest BCUT2D eigenvalue weighted by Gasteiger charge is 2.20. The Hall–Kier alpha value is -3.75. The van der Waals surface area contributed by atoms with Gasteiger partial charge in [-0.05, 0) is 56.2 Å². The minimum atomic E-state index is -4.08. The SMILES string of the molecule is CCOc1cc(C=C(C#N)C(=O)Nc2nnc(CC)s2)ccc1OS(=O)(=O)c1ccc(C)cc1. The van der Waals surface area contributed by atoms with Crippen LogP contribution in [0.25, 0.3) is 6.08 Å². The molecular weight excluding hydrogens is 476 g/mol. The Morgan fingerprint density at radius 1 is 1.15 bits per heavy atom. The summed E-state index contributed by atoms with van der Waals surface area (Å²) in [5.74, 6) is -0.494. The molecule has 0 atom stereocenters. The van der Waals surface area contributed by atoms with Crippen LogP contribution in [0, 0.1) is 18.3 Å². The van der Waals surface area contributed by atoms with E-state index in [9.17, 15) is 18.5 Å². The molecule has 3 aromatic rings. The van der Waals surface area contributed by atoms with Crippen molar-refractivity contribution < 1.29 is 22.1 Å². The van der Waals surface area contributed by atoms with E-state index in [2.05, 4.69) is 15.5 Å². The molecule has 0 aliphatic heterocycles. The number of aryl methyl sites for hydroxylation is 2. The first-order chi connectivity index (χ1) is 16.2. The molecule has 1 amide bonds. The van der Waals surface area contributed by atoms with E-state index in [1.165, 1.54) is 47.7 Å². The first kappa shape index (κ1) is 24.9. The number of rotatable bonds is 9. The van der Waals surface area contributed by atoms with Crippen LogP contribution in [0.4, 0.5) is 5.13 Å². The molecule has 11 heteroatoms. The molecular formula is C23H22N4O5S2. The lowest BCUT2D eigenvalue weighted by Gasteiger charge is -2.13. The highest BCUT2D eigenvalue weighted by molar-refractivity contribution is 7.87. The smallest absolute Gasteiger partial charge is 0.339 e. The van der Waals surface area contributed by atoms with E-state index in [1.54, 1.807) is 19.1 Å². The Labute approximate surface area is 201 Å². The molecule has 0 unspecified atom stereocenters. The summed E-state index contributed by atoms with van der Waals surface area (Å²) in [6.45, 7) is 5.75. The fourth-order valence-corrected chi connectivity index (χ4v) is 4.36. The summed E-state index contributed by atoms with van der Waals surface area (Å²) in [5.41, 5.74) is 1.19. The Balaban J connectivity index is 1.85. The van der Waals surface area contributed by atoms with Crippen LogP contribution in [0.15, 0.2) is 52.9 Å². The molecule has 0 saturated heterocycles. The normalized spacial score (nSPS) is 11.5. The largest absolute Gasteiger partial charge is 0.490 e. The maximum atomic E-state index is 12.7. The summed E-state index contributed by atoms with van der Waals surface area (Å²) in [7, 11) is -4.08. The van der Waals surface area contributed by atoms with E-state index in [0.717, 1.165) is 10.6 Å². The lowest BCUT2D eigenvalue weighted by atomic mass is 10.1. The highest BCUT2D eigenvalue weighted by atomic mass is 32.2. The summed E-state index contributed by atoms with van der Waals surface area (Å²) in [5, 5.41) is 20.9. The van der Waals surface area contributed by atoms with Gasteiger partial charge in [-0.3, -0.25) is 10.1 Å².